The van der Waals surface area contributed by atoms with Crippen LogP contribution >= 0.6 is 0 Å². The van der Waals surface area contributed by atoms with Gasteiger partial charge in [0, 0.05) is 5.92 Å². The topological polar surface area (TPSA) is 76.0 Å². The molecule has 0 amide bonds. The van der Waals surface area contributed by atoms with E-state index in [1.807, 2.05) is 0 Å². The molecule has 0 aromatic carbocycles. The molecule has 92 valence electrons. The van der Waals surface area contributed by atoms with Crippen LogP contribution in [0.2, 0.25) is 0 Å². The number of aliphatic hydroxyl groups excluding tert-OH is 1. The van der Waals surface area contributed by atoms with Gasteiger partial charge >= 0.3 is 6.16 Å². The molecule has 0 aliphatic heterocycles. The van der Waals surface area contributed by atoms with E-state index in [0.717, 1.165) is 0 Å². The molecule has 1 aliphatic rings. The highest BCUT2D eigenvalue weighted by atomic mass is 16.7. The first-order valence-electron chi connectivity index (χ1n) is 4.77. The maximum atomic E-state index is 9.74. The molecule has 2 N–H and O–H groups in total. The Kier molecular flexibility index (Phi) is 5.60. The van der Waals surface area contributed by atoms with Gasteiger partial charge in [0.25, 0.3) is 0 Å². The van der Waals surface area contributed by atoms with Crippen LogP contribution in [0.4, 0.5) is 4.79 Å². The van der Waals surface area contributed by atoms with Gasteiger partial charge in [-0.3, -0.25) is 0 Å². The minimum atomic E-state index is -0.890. The minimum absolute atomic E-state index is 0.197. The predicted molar refractivity (Wildman–Crippen MR) is 59.1 cm³/mol. The molecule has 0 bridgehead atoms. The number of rotatable bonds is 0. The highest BCUT2D eigenvalue weighted by molar-refractivity contribution is 5.59. The molecule has 0 aromatic rings. The fraction of sp³-hybridized carbons (Fsp3) is 0.545. The summed E-state index contributed by atoms with van der Waals surface area (Å²) in [5.74, 6) is 0.0463. The van der Waals surface area contributed by atoms with Gasteiger partial charge in [-0.1, -0.05) is 19.1 Å². The van der Waals surface area contributed by atoms with Crippen molar-refractivity contribution >= 4 is 6.16 Å². The van der Waals surface area contributed by atoms with Crippen LogP contribution in [0.1, 0.15) is 13.8 Å². The zero-order chi connectivity index (χ0) is 12.8. The summed E-state index contributed by atoms with van der Waals surface area (Å²) in [4.78, 5) is 9.74. The second-order valence-electron chi connectivity index (χ2n) is 3.56. The fourth-order valence-corrected chi connectivity index (χ4v) is 1.01. The molecule has 2 atom stereocenters. The van der Waals surface area contributed by atoms with E-state index in [9.17, 15) is 9.90 Å². The quantitative estimate of drug-likeness (QED) is 0.620. The highest BCUT2D eigenvalue weighted by Crippen LogP contribution is 2.27. The van der Waals surface area contributed by atoms with E-state index in [0.29, 0.717) is 0 Å². The van der Waals surface area contributed by atoms with Crippen molar-refractivity contribution in [2.24, 2.45) is 5.92 Å². The van der Waals surface area contributed by atoms with E-state index in [1.165, 1.54) is 14.2 Å². The summed E-state index contributed by atoms with van der Waals surface area (Å²) in [5.41, 5.74) is -0.890. The first-order chi connectivity index (χ1) is 7.35. The zero-order valence-corrected chi connectivity index (χ0v) is 9.93. The maximum absolute atomic E-state index is 9.74. The minimum Gasteiger partial charge on any atom is -0.512 e. The number of allylic oxidation sites excluding steroid dienone is 2. The Morgan fingerprint density at radius 1 is 1.44 bits per heavy atom. The lowest BCUT2D eigenvalue weighted by Gasteiger charge is -2.28. The lowest BCUT2D eigenvalue weighted by atomic mass is 9.86. The van der Waals surface area contributed by atoms with E-state index < -0.39 is 11.8 Å². The van der Waals surface area contributed by atoms with Gasteiger partial charge in [-0.2, -0.15) is 0 Å². The standard InChI is InChI=1S/C8H12O2.C3H6O3/c1-6-7(9)4-3-5-8(6,2)10;1-5-3(4)6-2/h3-6,9-10H,1-2H3;1-2H3. The van der Waals surface area contributed by atoms with Crippen molar-refractivity contribution < 1.29 is 24.5 Å². The smallest absolute Gasteiger partial charge is 0.507 e. The van der Waals surface area contributed by atoms with Gasteiger partial charge in [-0.15, -0.1) is 0 Å². The number of hydrogen-bond acceptors (Lipinski definition) is 5. The second kappa shape index (κ2) is 6.17. The molecule has 2 unspecified atom stereocenters. The third-order valence-corrected chi connectivity index (χ3v) is 2.35. The summed E-state index contributed by atoms with van der Waals surface area (Å²) < 4.78 is 8.08. The number of carbonyl (C=O) groups excluding carboxylic acids is 1. The van der Waals surface area contributed by atoms with Gasteiger partial charge in [-0.05, 0) is 13.0 Å². The second-order valence-corrected chi connectivity index (χ2v) is 3.56. The number of hydrogen-bond donors (Lipinski definition) is 2. The molecule has 0 spiro atoms. The Morgan fingerprint density at radius 3 is 2.19 bits per heavy atom. The largest absolute Gasteiger partial charge is 0.512 e. The van der Waals surface area contributed by atoms with Crippen LogP contribution in [0.25, 0.3) is 0 Å². The number of aliphatic hydroxyl groups is 2. The van der Waals surface area contributed by atoms with Gasteiger partial charge < -0.3 is 19.7 Å². The Labute approximate surface area is 95.0 Å². The van der Waals surface area contributed by atoms with Crippen molar-refractivity contribution in [2.75, 3.05) is 14.2 Å². The maximum Gasteiger partial charge on any atom is 0.507 e. The Balaban J connectivity index is 0.000000325. The van der Waals surface area contributed by atoms with Crippen molar-refractivity contribution in [1.82, 2.24) is 0 Å². The van der Waals surface area contributed by atoms with Gasteiger partial charge in [0.15, 0.2) is 0 Å². The predicted octanol–water partition coefficient (Wildman–Crippen LogP) is 1.78. The van der Waals surface area contributed by atoms with Crippen molar-refractivity contribution in [3.05, 3.63) is 24.0 Å². The summed E-state index contributed by atoms with van der Waals surface area (Å²) in [6, 6.07) is 0. The van der Waals surface area contributed by atoms with E-state index in [1.54, 1.807) is 32.1 Å². The molecule has 5 nitrogen and oxygen atoms in total. The van der Waals surface area contributed by atoms with Gasteiger partial charge in [0.05, 0.1) is 25.6 Å². The van der Waals surface area contributed by atoms with Crippen LogP contribution in [0.15, 0.2) is 24.0 Å². The van der Waals surface area contributed by atoms with Crippen molar-refractivity contribution in [1.29, 1.82) is 0 Å². The van der Waals surface area contributed by atoms with Crippen molar-refractivity contribution in [2.45, 2.75) is 19.4 Å². The Bertz CT molecular complexity index is 285. The average molecular weight is 230 g/mol. The molecule has 0 aromatic heterocycles. The molecule has 1 aliphatic carbocycles. The SMILES string of the molecule is CC1C(O)=CC=CC1(C)O.COC(=O)OC. The molecular formula is C11H18O5. The molecule has 0 saturated heterocycles. The van der Waals surface area contributed by atoms with Crippen LogP contribution in [-0.4, -0.2) is 36.2 Å². The highest BCUT2D eigenvalue weighted by Gasteiger charge is 2.29. The first-order valence-corrected chi connectivity index (χ1v) is 4.77. The summed E-state index contributed by atoms with van der Waals surface area (Å²) >= 11 is 0. The third kappa shape index (κ3) is 4.35. The number of carbonyl (C=O) groups is 1. The number of ether oxygens (including phenoxy) is 2. The van der Waals surface area contributed by atoms with Crippen LogP contribution < -0.4 is 0 Å². The van der Waals surface area contributed by atoms with Crippen LogP contribution in [0, 0.1) is 5.92 Å². The summed E-state index contributed by atoms with van der Waals surface area (Å²) in [7, 11) is 2.51. The monoisotopic (exact) mass is 230 g/mol. The molecular weight excluding hydrogens is 212 g/mol. The molecule has 0 heterocycles. The van der Waals surface area contributed by atoms with E-state index in [-0.39, 0.29) is 11.7 Å². The van der Waals surface area contributed by atoms with Gasteiger partial charge in [-0.25, -0.2) is 4.79 Å². The van der Waals surface area contributed by atoms with E-state index in [2.05, 4.69) is 9.47 Å². The summed E-state index contributed by atoms with van der Waals surface area (Å²) in [6.07, 6.45) is 4.28. The number of methoxy groups -OCH3 is 2. The van der Waals surface area contributed by atoms with E-state index in [4.69, 9.17) is 5.11 Å². The summed E-state index contributed by atoms with van der Waals surface area (Å²) in [6.45, 7) is 3.46. The van der Waals surface area contributed by atoms with Crippen LogP contribution in [0.3, 0.4) is 0 Å². The summed E-state index contributed by atoms with van der Waals surface area (Å²) in [5, 5.41) is 18.7. The average Bonchev–Trinajstić information content (AvgIpc) is 2.25. The van der Waals surface area contributed by atoms with E-state index >= 15 is 0 Å². The fourth-order valence-electron chi connectivity index (χ4n) is 1.01. The van der Waals surface area contributed by atoms with Crippen molar-refractivity contribution in [3.8, 4) is 0 Å². The lowest BCUT2D eigenvalue weighted by Crippen LogP contribution is -2.33. The van der Waals surface area contributed by atoms with Gasteiger partial charge in [0.1, 0.15) is 0 Å². The normalized spacial score (nSPS) is 27.3. The Morgan fingerprint density at radius 2 is 1.94 bits per heavy atom. The molecule has 5 heteroatoms. The molecule has 16 heavy (non-hydrogen) atoms. The van der Waals surface area contributed by atoms with Gasteiger partial charge in [0.2, 0.25) is 0 Å². The van der Waals surface area contributed by atoms with Crippen LogP contribution in [0.5, 0.6) is 0 Å². The third-order valence-electron chi connectivity index (χ3n) is 2.35. The molecule has 1 rings (SSSR count). The van der Waals surface area contributed by atoms with Crippen LogP contribution in [-0.2, 0) is 9.47 Å². The zero-order valence-electron chi connectivity index (χ0n) is 9.93. The molecule has 0 saturated carbocycles. The molecule has 0 fully saturated rings. The lowest BCUT2D eigenvalue weighted by molar-refractivity contribution is 0.0494. The first kappa shape index (κ1) is 14.5. The van der Waals surface area contributed by atoms with Crippen molar-refractivity contribution in [3.63, 3.8) is 0 Å². The molecule has 0 radical (unpaired) electrons. The Hall–Kier alpha value is -1.49.